The number of halogens is 2. The number of hydrogen-bond acceptors (Lipinski definition) is 1. The van der Waals surface area contributed by atoms with Gasteiger partial charge in [0.1, 0.15) is 24.5 Å². The lowest BCUT2D eigenvalue weighted by Crippen LogP contribution is -2.62. The number of aromatic amines is 4. The van der Waals surface area contributed by atoms with Gasteiger partial charge in [-0.1, -0.05) is 35.3 Å². The third kappa shape index (κ3) is 5.20. The molecule has 4 aromatic heterocycles. The summed E-state index contributed by atoms with van der Waals surface area (Å²) in [5.74, 6) is 0. The number of benzene rings is 4. The van der Waals surface area contributed by atoms with Crippen LogP contribution in [0.5, 0.6) is 0 Å². The molecule has 1 aliphatic rings. The van der Waals surface area contributed by atoms with E-state index in [9.17, 15) is 0 Å². The molecular formula is C40H37Cl2N6+. The summed E-state index contributed by atoms with van der Waals surface area (Å²) >= 11 is 12.6. The standard InChI is InChI=1S/C40H37Cl2N6/c41-30-4-9-35-28(23-45-39(35)19-30)1-6-32-25-48(33-7-2-26-11-14-43-37(26)21-33,34-8-3-27-12-15-44-38(27)22-34)18-17-47(32)16-13-29-24-46-40-20-31(42)5-10-36(29)40/h2-5,7-12,14-15,19-24,32,43-46H,1,6,13,16-18,25H2/q+1. The molecule has 9 rings (SSSR count). The highest BCUT2D eigenvalue weighted by molar-refractivity contribution is 6.31. The highest BCUT2D eigenvalue weighted by Gasteiger charge is 2.43. The van der Waals surface area contributed by atoms with E-state index in [4.69, 9.17) is 23.2 Å². The highest BCUT2D eigenvalue weighted by atomic mass is 35.5. The molecule has 8 heteroatoms. The van der Waals surface area contributed by atoms with Crippen molar-refractivity contribution in [1.29, 1.82) is 0 Å². The second kappa shape index (κ2) is 11.9. The Bertz CT molecular complexity index is 2340. The first-order chi connectivity index (χ1) is 23.5. The maximum atomic E-state index is 6.33. The number of hydrogen-bond donors (Lipinski definition) is 4. The molecule has 240 valence electrons. The van der Waals surface area contributed by atoms with E-state index in [-0.39, 0.29) is 0 Å². The lowest BCUT2D eigenvalue weighted by Gasteiger charge is -2.48. The molecule has 0 amide bonds. The Balaban J connectivity index is 1.09. The van der Waals surface area contributed by atoms with Crippen molar-refractivity contribution < 1.29 is 0 Å². The first-order valence-electron chi connectivity index (χ1n) is 16.8. The van der Waals surface area contributed by atoms with Crippen LogP contribution >= 0.6 is 23.2 Å². The minimum absolute atomic E-state index is 0.356. The molecule has 6 nitrogen and oxygen atoms in total. The van der Waals surface area contributed by atoms with Gasteiger partial charge in [-0.05, 0) is 89.7 Å². The average Bonchev–Trinajstić information content (AvgIpc) is 3.92. The monoisotopic (exact) mass is 671 g/mol. The zero-order valence-electron chi connectivity index (χ0n) is 26.6. The normalized spacial score (nSPS) is 16.9. The largest absolute Gasteiger partial charge is 0.361 e. The number of fused-ring (bicyclic) bond motifs is 4. The molecule has 0 aliphatic carbocycles. The molecule has 1 aliphatic heterocycles. The highest BCUT2D eigenvalue weighted by Crippen LogP contribution is 2.41. The lowest BCUT2D eigenvalue weighted by molar-refractivity contribution is 0.102. The van der Waals surface area contributed by atoms with Crippen molar-refractivity contribution in [2.75, 3.05) is 26.2 Å². The Morgan fingerprint density at radius 1 is 0.625 bits per heavy atom. The molecule has 0 radical (unpaired) electrons. The number of quaternary nitrogens is 1. The minimum atomic E-state index is 0.356. The number of rotatable bonds is 8. The third-order valence-corrected chi connectivity index (χ3v) is 11.2. The second-order valence-corrected chi connectivity index (χ2v) is 14.2. The molecular weight excluding hydrogens is 635 g/mol. The topological polar surface area (TPSA) is 66.4 Å². The van der Waals surface area contributed by atoms with Crippen LogP contribution in [0.4, 0.5) is 11.4 Å². The quantitative estimate of drug-likeness (QED) is 0.119. The summed E-state index contributed by atoms with van der Waals surface area (Å²) in [6.07, 6.45) is 11.4. The molecule has 1 atom stereocenters. The number of H-pyrrole nitrogens is 4. The molecule has 8 aromatic rings. The van der Waals surface area contributed by atoms with E-state index in [2.05, 4.69) is 97.9 Å². The smallest absolute Gasteiger partial charge is 0.140 e. The zero-order valence-corrected chi connectivity index (χ0v) is 28.1. The van der Waals surface area contributed by atoms with Crippen molar-refractivity contribution >= 4 is 78.2 Å². The maximum absolute atomic E-state index is 6.33. The zero-order chi connectivity index (χ0) is 32.2. The number of nitrogens with one attached hydrogen (secondary N) is 4. The van der Waals surface area contributed by atoms with Crippen molar-refractivity contribution in [1.82, 2.24) is 29.3 Å². The summed E-state index contributed by atoms with van der Waals surface area (Å²) in [7, 11) is 0. The van der Waals surface area contributed by atoms with Gasteiger partial charge in [0.2, 0.25) is 0 Å². The minimum Gasteiger partial charge on any atom is -0.361 e. The summed E-state index contributed by atoms with van der Waals surface area (Å²) in [6, 6.07) is 31.0. The van der Waals surface area contributed by atoms with Crippen LogP contribution in [0.25, 0.3) is 43.6 Å². The molecule has 5 heterocycles. The predicted molar refractivity (Wildman–Crippen MR) is 202 cm³/mol. The first kappa shape index (κ1) is 29.7. The first-order valence-corrected chi connectivity index (χ1v) is 17.6. The Hall–Kier alpha value is -4.46. The average molecular weight is 673 g/mol. The van der Waals surface area contributed by atoms with E-state index in [0.29, 0.717) is 6.04 Å². The van der Waals surface area contributed by atoms with Crippen LogP contribution in [0.1, 0.15) is 17.5 Å². The van der Waals surface area contributed by atoms with Gasteiger partial charge in [0, 0.05) is 94.0 Å². The number of aromatic nitrogens is 4. The van der Waals surface area contributed by atoms with E-state index < -0.39 is 0 Å². The van der Waals surface area contributed by atoms with Crippen LogP contribution in [0.15, 0.2) is 110 Å². The lowest BCUT2D eigenvalue weighted by atomic mass is 9.97. The van der Waals surface area contributed by atoms with Gasteiger partial charge < -0.3 is 19.9 Å². The van der Waals surface area contributed by atoms with Gasteiger partial charge in [-0.2, -0.15) is 0 Å². The summed E-state index contributed by atoms with van der Waals surface area (Å²) in [6.45, 7) is 3.96. The van der Waals surface area contributed by atoms with Crippen LogP contribution < -0.4 is 4.48 Å². The van der Waals surface area contributed by atoms with Crippen LogP contribution in [0.2, 0.25) is 10.0 Å². The molecule has 4 N–H and O–H groups in total. The fourth-order valence-electron chi connectivity index (χ4n) is 8.16. The Morgan fingerprint density at radius 3 is 1.81 bits per heavy atom. The van der Waals surface area contributed by atoms with Crippen molar-refractivity contribution in [3.05, 3.63) is 131 Å². The third-order valence-electron chi connectivity index (χ3n) is 10.7. The van der Waals surface area contributed by atoms with E-state index in [1.165, 1.54) is 55.1 Å². The van der Waals surface area contributed by atoms with Crippen molar-refractivity contribution in [3.8, 4) is 0 Å². The molecule has 1 fully saturated rings. The van der Waals surface area contributed by atoms with Gasteiger partial charge in [0.15, 0.2) is 0 Å². The maximum Gasteiger partial charge on any atom is 0.140 e. The van der Waals surface area contributed by atoms with Gasteiger partial charge in [-0.15, -0.1) is 0 Å². The summed E-state index contributed by atoms with van der Waals surface area (Å²) in [5.41, 5.74) is 9.91. The van der Waals surface area contributed by atoms with E-state index >= 15 is 0 Å². The summed E-state index contributed by atoms with van der Waals surface area (Å²) in [5, 5.41) is 6.52. The Morgan fingerprint density at radius 2 is 1.21 bits per heavy atom. The molecule has 4 aromatic carbocycles. The molecule has 0 saturated carbocycles. The van der Waals surface area contributed by atoms with Gasteiger partial charge >= 0.3 is 0 Å². The fourth-order valence-corrected chi connectivity index (χ4v) is 8.50. The van der Waals surface area contributed by atoms with Crippen LogP contribution in [-0.2, 0) is 12.8 Å². The van der Waals surface area contributed by atoms with Crippen molar-refractivity contribution in [2.24, 2.45) is 0 Å². The molecule has 48 heavy (non-hydrogen) atoms. The van der Waals surface area contributed by atoms with E-state index in [1.54, 1.807) is 0 Å². The number of piperazine rings is 1. The van der Waals surface area contributed by atoms with Crippen LogP contribution in [0, 0.1) is 0 Å². The van der Waals surface area contributed by atoms with E-state index in [1.807, 2.05) is 36.7 Å². The van der Waals surface area contributed by atoms with Gasteiger partial charge in [0.25, 0.3) is 0 Å². The Labute approximate surface area is 288 Å². The van der Waals surface area contributed by atoms with E-state index in [0.717, 1.165) is 71.0 Å². The number of aryl methyl sites for hydroxylation is 1. The molecule has 1 saturated heterocycles. The van der Waals surface area contributed by atoms with Crippen molar-refractivity contribution in [2.45, 2.75) is 25.3 Å². The van der Waals surface area contributed by atoms with Gasteiger partial charge in [-0.25, -0.2) is 0 Å². The molecule has 0 spiro atoms. The van der Waals surface area contributed by atoms with Gasteiger partial charge in [0.05, 0.1) is 17.1 Å². The molecule has 1 unspecified atom stereocenters. The van der Waals surface area contributed by atoms with Crippen LogP contribution in [0.3, 0.4) is 0 Å². The Kier molecular flexibility index (Phi) is 7.35. The number of nitrogens with zero attached hydrogens (tertiary/aromatic N) is 2. The predicted octanol–water partition coefficient (Wildman–Crippen LogP) is 10.1. The fraction of sp³-hybridized carbons (Fsp3) is 0.200. The van der Waals surface area contributed by atoms with Gasteiger partial charge in [-0.3, -0.25) is 9.38 Å². The summed E-state index contributed by atoms with van der Waals surface area (Å²) in [4.78, 5) is 16.6. The van der Waals surface area contributed by atoms with Crippen LogP contribution in [-0.4, -0.2) is 57.1 Å². The second-order valence-electron chi connectivity index (χ2n) is 13.4. The van der Waals surface area contributed by atoms with Crippen molar-refractivity contribution in [3.63, 3.8) is 0 Å². The summed E-state index contributed by atoms with van der Waals surface area (Å²) < 4.78 is 0.806. The molecule has 0 bridgehead atoms. The SMILES string of the molecule is Clc1ccc2c(CCC3C[N+](c4ccc5cc[nH]c5c4)(c4ccc5cc[nH]c5c4)CCN3CCc3c[nH]c4cc(Cl)ccc34)c[nH]c2c1.